The predicted molar refractivity (Wildman–Crippen MR) is 98.2 cm³/mol. The highest BCUT2D eigenvalue weighted by Crippen LogP contribution is 2.28. The van der Waals surface area contributed by atoms with Crippen molar-refractivity contribution >= 4 is 12.2 Å². The van der Waals surface area contributed by atoms with Gasteiger partial charge in [-0.3, -0.25) is 0 Å². The van der Waals surface area contributed by atoms with E-state index in [9.17, 15) is 0 Å². The summed E-state index contributed by atoms with van der Waals surface area (Å²) in [6.07, 6.45) is 10.1. The number of nitrogens with one attached hydrogen (secondary N) is 1. The summed E-state index contributed by atoms with van der Waals surface area (Å²) in [6.45, 7) is 16.0. The van der Waals surface area contributed by atoms with E-state index in [4.69, 9.17) is 4.52 Å². The fraction of sp³-hybridized carbons (Fsp3) is 0.474. The summed E-state index contributed by atoms with van der Waals surface area (Å²) in [6, 6.07) is 0. The Kier molecular flexibility index (Phi) is 8.09. The lowest BCUT2D eigenvalue weighted by Crippen LogP contribution is -1.94. The molecule has 0 aromatic carbocycles. The lowest BCUT2D eigenvalue weighted by molar-refractivity contribution is 0.351. The van der Waals surface area contributed by atoms with Gasteiger partial charge in [0.2, 0.25) is 11.7 Å². The van der Waals surface area contributed by atoms with Crippen LogP contribution in [0.5, 0.6) is 0 Å². The zero-order valence-electron chi connectivity index (χ0n) is 14.9. The van der Waals surface area contributed by atoms with Gasteiger partial charge in [0, 0.05) is 28.9 Å². The van der Waals surface area contributed by atoms with Crippen LogP contribution in [0.2, 0.25) is 0 Å². The zero-order chi connectivity index (χ0) is 17.2. The van der Waals surface area contributed by atoms with Crippen molar-refractivity contribution in [2.45, 2.75) is 59.3 Å². The van der Waals surface area contributed by atoms with E-state index in [2.05, 4.69) is 42.1 Å². The van der Waals surface area contributed by atoms with Crippen molar-refractivity contribution in [3.05, 3.63) is 36.5 Å². The molecule has 2 rings (SSSR count). The third-order valence-electron chi connectivity index (χ3n) is 3.71. The standard InChI is InChI=1S/C17H23N3O.C2H6/c1-5-8-9-10-12(4)17-19-16(20-21-17)14-11-18-15(7-3)13(14)6-2;1-2/h6-7,11-12,18H,2-3,5,8-10H2,1,4H3;1-2H3. The fourth-order valence-electron chi connectivity index (χ4n) is 2.39. The molecule has 4 heteroatoms. The van der Waals surface area contributed by atoms with E-state index in [1.807, 2.05) is 20.0 Å². The maximum Gasteiger partial charge on any atom is 0.229 e. The van der Waals surface area contributed by atoms with Crippen LogP contribution in [-0.2, 0) is 0 Å². The van der Waals surface area contributed by atoms with Gasteiger partial charge in [-0.25, -0.2) is 0 Å². The molecule has 1 unspecified atom stereocenters. The Labute approximate surface area is 139 Å². The van der Waals surface area contributed by atoms with Crippen LogP contribution in [0, 0.1) is 0 Å². The molecular formula is C19H29N3O. The van der Waals surface area contributed by atoms with Gasteiger partial charge >= 0.3 is 0 Å². The average molecular weight is 315 g/mol. The van der Waals surface area contributed by atoms with Crippen LogP contribution in [0.1, 0.15) is 76.4 Å². The minimum atomic E-state index is 0.294. The number of rotatable bonds is 8. The van der Waals surface area contributed by atoms with Crippen molar-refractivity contribution in [3.63, 3.8) is 0 Å². The number of hydrogen-bond acceptors (Lipinski definition) is 3. The molecule has 1 N–H and O–H groups in total. The molecule has 0 aliphatic heterocycles. The second-order valence-corrected chi connectivity index (χ2v) is 5.29. The Hall–Kier alpha value is -2.10. The van der Waals surface area contributed by atoms with Gasteiger partial charge in [-0.1, -0.05) is 71.3 Å². The second-order valence-electron chi connectivity index (χ2n) is 5.29. The van der Waals surface area contributed by atoms with E-state index < -0.39 is 0 Å². The molecular weight excluding hydrogens is 286 g/mol. The van der Waals surface area contributed by atoms with E-state index in [-0.39, 0.29) is 0 Å². The lowest BCUT2D eigenvalue weighted by Gasteiger charge is -2.04. The third-order valence-corrected chi connectivity index (χ3v) is 3.71. The van der Waals surface area contributed by atoms with Crippen molar-refractivity contribution in [2.75, 3.05) is 0 Å². The monoisotopic (exact) mass is 315 g/mol. The van der Waals surface area contributed by atoms with Crippen LogP contribution in [0.3, 0.4) is 0 Å². The van der Waals surface area contributed by atoms with Crippen LogP contribution in [0.4, 0.5) is 0 Å². The minimum Gasteiger partial charge on any atom is -0.360 e. The largest absolute Gasteiger partial charge is 0.360 e. The Morgan fingerprint density at radius 1 is 1.26 bits per heavy atom. The summed E-state index contributed by atoms with van der Waals surface area (Å²) >= 11 is 0. The molecule has 0 radical (unpaired) electrons. The van der Waals surface area contributed by atoms with Gasteiger partial charge in [-0.2, -0.15) is 4.98 Å². The normalized spacial score (nSPS) is 11.5. The van der Waals surface area contributed by atoms with E-state index in [1.165, 1.54) is 19.3 Å². The van der Waals surface area contributed by atoms with Crippen LogP contribution >= 0.6 is 0 Å². The molecule has 0 spiro atoms. The van der Waals surface area contributed by atoms with Crippen molar-refractivity contribution in [1.82, 2.24) is 15.1 Å². The summed E-state index contributed by atoms with van der Waals surface area (Å²) in [5, 5.41) is 4.10. The zero-order valence-corrected chi connectivity index (χ0v) is 14.9. The molecule has 0 fully saturated rings. The summed E-state index contributed by atoms with van der Waals surface area (Å²) in [5.41, 5.74) is 2.77. The molecule has 2 aromatic rings. The maximum atomic E-state index is 5.42. The Morgan fingerprint density at radius 2 is 2.00 bits per heavy atom. The number of hydrogen-bond donors (Lipinski definition) is 1. The molecule has 0 bridgehead atoms. The van der Waals surface area contributed by atoms with Crippen molar-refractivity contribution < 1.29 is 4.52 Å². The second kappa shape index (κ2) is 9.82. The lowest BCUT2D eigenvalue weighted by atomic mass is 10.0. The number of H-pyrrole nitrogens is 1. The molecule has 0 saturated heterocycles. The van der Waals surface area contributed by atoms with Crippen LogP contribution < -0.4 is 0 Å². The molecule has 2 heterocycles. The summed E-state index contributed by atoms with van der Waals surface area (Å²) in [7, 11) is 0. The Bertz CT molecular complexity index is 610. The first-order valence-electron chi connectivity index (χ1n) is 8.51. The van der Waals surface area contributed by atoms with Gasteiger partial charge in [0.15, 0.2) is 0 Å². The summed E-state index contributed by atoms with van der Waals surface area (Å²) in [5.74, 6) is 1.60. The SMILES string of the molecule is C=Cc1[nH]cc(-c2noc(C(C)CCCCC)n2)c1C=C.CC. The maximum absolute atomic E-state index is 5.42. The third kappa shape index (κ3) is 4.68. The molecule has 4 nitrogen and oxygen atoms in total. The van der Waals surface area contributed by atoms with Gasteiger partial charge in [0.25, 0.3) is 0 Å². The molecule has 0 amide bonds. The fourth-order valence-corrected chi connectivity index (χ4v) is 2.39. The quantitative estimate of drug-likeness (QED) is 0.602. The average Bonchev–Trinajstić information content (AvgIpc) is 3.22. The number of nitrogens with zero attached hydrogens (tertiary/aromatic N) is 2. The molecule has 126 valence electrons. The van der Waals surface area contributed by atoms with Crippen molar-refractivity contribution in [1.29, 1.82) is 0 Å². The van der Waals surface area contributed by atoms with E-state index in [1.54, 1.807) is 12.2 Å². The number of unbranched alkanes of at least 4 members (excludes halogenated alkanes) is 2. The van der Waals surface area contributed by atoms with Crippen LogP contribution in [-0.4, -0.2) is 15.1 Å². The number of aromatic nitrogens is 3. The van der Waals surface area contributed by atoms with E-state index in [0.29, 0.717) is 17.6 Å². The highest BCUT2D eigenvalue weighted by molar-refractivity contribution is 5.76. The van der Waals surface area contributed by atoms with Crippen LogP contribution in [0.25, 0.3) is 23.5 Å². The van der Waals surface area contributed by atoms with E-state index >= 15 is 0 Å². The topological polar surface area (TPSA) is 54.7 Å². The molecule has 0 saturated carbocycles. The summed E-state index contributed by atoms with van der Waals surface area (Å²) in [4.78, 5) is 7.68. The van der Waals surface area contributed by atoms with Crippen molar-refractivity contribution in [2.24, 2.45) is 0 Å². The van der Waals surface area contributed by atoms with Gasteiger partial charge in [-0.05, 0) is 12.5 Å². The molecule has 0 aliphatic rings. The van der Waals surface area contributed by atoms with Gasteiger partial charge in [-0.15, -0.1) is 0 Å². The molecule has 2 aromatic heterocycles. The van der Waals surface area contributed by atoms with Gasteiger partial charge < -0.3 is 9.51 Å². The first-order chi connectivity index (χ1) is 11.2. The molecule has 1 atom stereocenters. The Morgan fingerprint density at radius 3 is 2.61 bits per heavy atom. The van der Waals surface area contributed by atoms with Crippen molar-refractivity contribution in [3.8, 4) is 11.4 Å². The highest BCUT2D eigenvalue weighted by atomic mass is 16.5. The molecule has 0 aliphatic carbocycles. The minimum absolute atomic E-state index is 0.294. The van der Waals surface area contributed by atoms with Crippen LogP contribution in [0.15, 0.2) is 23.9 Å². The highest BCUT2D eigenvalue weighted by Gasteiger charge is 2.18. The molecule has 23 heavy (non-hydrogen) atoms. The smallest absolute Gasteiger partial charge is 0.229 e. The van der Waals surface area contributed by atoms with Gasteiger partial charge in [0.05, 0.1) is 0 Å². The number of aromatic amines is 1. The first kappa shape index (κ1) is 18.9. The first-order valence-corrected chi connectivity index (χ1v) is 8.51. The predicted octanol–water partition coefficient (Wildman–Crippen LogP) is 6.06. The van der Waals surface area contributed by atoms with E-state index in [0.717, 1.165) is 23.2 Å². The Balaban J connectivity index is 0.00000127. The van der Waals surface area contributed by atoms with Gasteiger partial charge in [0.1, 0.15) is 0 Å². The summed E-state index contributed by atoms with van der Waals surface area (Å²) < 4.78 is 5.42.